The lowest BCUT2D eigenvalue weighted by atomic mass is 10.2. The lowest BCUT2D eigenvalue weighted by Crippen LogP contribution is -2.19. The van der Waals surface area contributed by atoms with E-state index in [0.29, 0.717) is 5.75 Å². The summed E-state index contributed by atoms with van der Waals surface area (Å²) in [7, 11) is 1.23. The monoisotopic (exact) mass is 344 g/mol. The van der Waals surface area contributed by atoms with Crippen molar-refractivity contribution in [2.45, 2.75) is 0 Å². The Labute approximate surface area is 141 Å². The number of hydrogen-bond acceptors (Lipinski definition) is 8. The molecule has 1 fully saturated rings. The molecule has 0 spiro atoms. The molecule has 24 heavy (non-hydrogen) atoms. The fourth-order valence-corrected chi connectivity index (χ4v) is 2.29. The van der Waals surface area contributed by atoms with Crippen molar-refractivity contribution in [1.82, 2.24) is 5.32 Å². The number of hydrogen-bond donors (Lipinski definition) is 1. The molecule has 9 heteroatoms. The summed E-state index contributed by atoms with van der Waals surface area (Å²) in [5.41, 5.74) is 0.767. The number of carbonyl (C=O) groups is 2. The highest BCUT2D eigenvalue weighted by atomic mass is 32.2. The van der Waals surface area contributed by atoms with E-state index in [4.69, 9.17) is 10.00 Å². The summed E-state index contributed by atoms with van der Waals surface area (Å²) >= 11 is 0.994. The fourth-order valence-electron chi connectivity index (χ4n) is 1.55. The molecule has 0 aromatic heterocycles. The van der Waals surface area contributed by atoms with Gasteiger partial charge in [0.1, 0.15) is 11.8 Å². The number of thioether (sulfide) groups is 1. The average Bonchev–Trinajstić information content (AvgIpc) is 2.93. The van der Waals surface area contributed by atoms with E-state index in [9.17, 15) is 9.59 Å². The minimum atomic E-state index is -0.615. The number of amidine groups is 1. The van der Waals surface area contributed by atoms with Crippen LogP contribution in [0.4, 0.5) is 0 Å². The third-order valence-electron chi connectivity index (χ3n) is 2.64. The van der Waals surface area contributed by atoms with E-state index < -0.39 is 11.9 Å². The Hall–Kier alpha value is -3.12. The van der Waals surface area contributed by atoms with E-state index >= 15 is 0 Å². The van der Waals surface area contributed by atoms with Crippen molar-refractivity contribution in [3.63, 3.8) is 0 Å². The normalized spacial score (nSPS) is 17.1. The number of esters is 1. The van der Waals surface area contributed by atoms with E-state index in [1.807, 2.05) is 6.07 Å². The second-order valence-corrected chi connectivity index (χ2v) is 5.28. The molecule has 0 aliphatic carbocycles. The van der Waals surface area contributed by atoms with Gasteiger partial charge in [0.05, 0.1) is 18.2 Å². The molecule has 8 nitrogen and oxygen atoms in total. The van der Waals surface area contributed by atoms with Gasteiger partial charge in [-0.15, -0.1) is 5.10 Å². The smallest absolute Gasteiger partial charge is 0.331 e. The number of carbonyl (C=O) groups excluding carboxylic acids is 2. The molecule has 1 aromatic rings. The van der Waals surface area contributed by atoms with Crippen LogP contribution >= 0.6 is 11.8 Å². The van der Waals surface area contributed by atoms with Crippen LogP contribution in [-0.4, -0.2) is 37.0 Å². The standard InChI is InChI=1S/C15H12N4O4S/c1-22-13(20)8-12-14(21)18-15(24-12)19-17-9-10-2-4-11(5-3-10)23-7-6-16/h2-5,8-9H,7H2,1H3,(H,18,19,21)/b12-8+,17-9?. The molecular formula is C15H12N4O4S. The predicted molar refractivity (Wildman–Crippen MR) is 88.4 cm³/mol. The van der Waals surface area contributed by atoms with Gasteiger partial charge in [-0.05, 0) is 41.6 Å². The maximum atomic E-state index is 11.6. The van der Waals surface area contributed by atoms with Crippen molar-refractivity contribution < 1.29 is 19.1 Å². The van der Waals surface area contributed by atoms with Crippen molar-refractivity contribution in [1.29, 1.82) is 5.26 Å². The lowest BCUT2D eigenvalue weighted by Gasteiger charge is -2.00. The Morgan fingerprint density at radius 2 is 2.17 bits per heavy atom. The Morgan fingerprint density at radius 1 is 1.42 bits per heavy atom. The molecule has 1 heterocycles. The summed E-state index contributed by atoms with van der Waals surface area (Å²) < 4.78 is 9.60. The fraction of sp³-hybridized carbons (Fsp3) is 0.133. The minimum absolute atomic E-state index is 0.0144. The lowest BCUT2D eigenvalue weighted by molar-refractivity contribution is -0.135. The minimum Gasteiger partial charge on any atom is -0.479 e. The van der Waals surface area contributed by atoms with E-state index in [1.165, 1.54) is 13.3 Å². The van der Waals surface area contributed by atoms with E-state index in [2.05, 4.69) is 20.3 Å². The van der Waals surface area contributed by atoms with Crippen LogP contribution in [0.3, 0.4) is 0 Å². The van der Waals surface area contributed by atoms with Crippen LogP contribution in [0.15, 0.2) is 45.4 Å². The van der Waals surface area contributed by atoms with Crippen LogP contribution in [0.5, 0.6) is 5.75 Å². The Morgan fingerprint density at radius 3 is 2.83 bits per heavy atom. The largest absolute Gasteiger partial charge is 0.479 e. The maximum Gasteiger partial charge on any atom is 0.331 e. The second-order valence-electron chi connectivity index (χ2n) is 4.25. The van der Waals surface area contributed by atoms with Gasteiger partial charge in [-0.25, -0.2) is 4.79 Å². The Bertz CT molecular complexity index is 763. The highest BCUT2D eigenvalue weighted by molar-refractivity contribution is 8.18. The van der Waals surface area contributed by atoms with E-state index in [0.717, 1.165) is 23.4 Å². The van der Waals surface area contributed by atoms with Gasteiger partial charge in [0.15, 0.2) is 11.8 Å². The van der Waals surface area contributed by atoms with Crippen LogP contribution in [0.1, 0.15) is 5.56 Å². The molecule has 0 saturated carbocycles. The summed E-state index contributed by atoms with van der Waals surface area (Å²) in [6.07, 6.45) is 2.59. The quantitative estimate of drug-likeness (QED) is 0.372. The number of amides is 1. The number of rotatable bonds is 5. The number of ether oxygens (including phenoxy) is 2. The first-order valence-corrected chi connectivity index (χ1v) is 7.43. The van der Waals surface area contributed by atoms with Gasteiger partial charge in [-0.1, -0.05) is 0 Å². The number of benzene rings is 1. The van der Waals surface area contributed by atoms with Crippen LogP contribution < -0.4 is 10.1 Å². The van der Waals surface area contributed by atoms with Crippen LogP contribution in [0.2, 0.25) is 0 Å². The third kappa shape index (κ3) is 4.96. The van der Waals surface area contributed by atoms with Crippen LogP contribution in [0, 0.1) is 11.3 Å². The molecule has 0 bridgehead atoms. The summed E-state index contributed by atoms with van der Waals surface area (Å²) in [6, 6.07) is 8.79. The summed E-state index contributed by atoms with van der Waals surface area (Å²) in [4.78, 5) is 22.9. The van der Waals surface area contributed by atoms with Crippen molar-refractivity contribution in [3.8, 4) is 11.8 Å². The van der Waals surface area contributed by atoms with Gasteiger partial charge in [0.25, 0.3) is 5.91 Å². The molecule has 1 N–H and O–H groups in total. The van der Waals surface area contributed by atoms with E-state index in [1.54, 1.807) is 24.3 Å². The zero-order valence-electron chi connectivity index (χ0n) is 12.6. The number of nitrogens with zero attached hydrogens (tertiary/aromatic N) is 3. The first kappa shape index (κ1) is 17.2. The molecule has 1 aliphatic heterocycles. The summed E-state index contributed by atoms with van der Waals surface area (Å²) in [5.74, 6) is -0.467. The molecule has 122 valence electrons. The first-order chi connectivity index (χ1) is 11.6. The molecular weight excluding hydrogens is 332 g/mol. The summed E-state index contributed by atoms with van der Waals surface area (Å²) in [5, 5.41) is 18.9. The van der Waals surface area contributed by atoms with Crippen LogP contribution in [0.25, 0.3) is 0 Å². The molecule has 0 radical (unpaired) electrons. The molecule has 1 aromatic carbocycles. The predicted octanol–water partition coefficient (Wildman–Crippen LogP) is 1.20. The SMILES string of the molecule is COC(=O)/C=C1/S/C(=N\N=Cc2ccc(OCC#N)cc2)NC1=O. The highest BCUT2D eigenvalue weighted by Crippen LogP contribution is 2.23. The topological polar surface area (TPSA) is 113 Å². The first-order valence-electron chi connectivity index (χ1n) is 6.62. The average molecular weight is 344 g/mol. The van der Waals surface area contributed by atoms with Gasteiger partial charge in [-0.3, -0.25) is 10.1 Å². The Balaban J connectivity index is 1.97. The van der Waals surface area contributed by atoms with Crippen molar-refractivity contribution in [3.05, 3.63) is 40.8 Å². The maximum absolute atomic E-state index is 11.6. The zero-order chi connectivity index (χ0) is 17.4. The molecule has 1 aliphatic rings. The van der Waals surface area contributed by atoms with Crippen molar-refractivity contribution >= 4 is 35.0 Å². The molecule has 1 amide bonds. The van der Waals surface area contributed by atoms with Crippen molar-refractivity contribution in [2.75, 3.05) is 13.7 Å². The highest BCUT2D eigenvalue weighted by Gasteiger charge is 2.24. The van der Waals surface area contributed by atoms with Gasteiger partial charge in [0, 0.05) is 6.08 Å². The van der Waals surface area contributed by atoms with Gasteiger partial charge < -0.3 is 9.47 Å². The molecule has 2 rings (SSSR count). The van der Waals surface area contributed by atoms with Gasteiger partial charge in [0.2, 0.25) is 0 Å². The van der Waals surface area contributed by atoms with Gasteiger partial charge in [-0.2, -0.15) is 10.4 Å². The molecule has 0 unspecified atom stereocenters. The number of methoxy groups -OCH3 is 1. The van der Waals surface area contributed by atoms with Crippen LogP contribution in [-0.2, 0) is 14.3 Å². The second kappa shape index (κ2) is 8.50. The van der Waals surface area contributed by atoms with Gasteiger partial charge >= 0.3 is 5.97 Å². The third-order valence-corrected chi connectivity index (χ3v) is 3.54. The summed E-state index contributed by atoms with van der Waals surface area (Å²) in [6.45, 7) is -0.0144. The zero-order valence-corrected chi connectivity index (χ0v) is 13.4. The number of nitriles is 1. The molecule has 1 saturated heterocycles. The number of nitrogens with one attached hydrogen (secondary N) is 1. The van der Waals surface area contributed by atoms with Crippen molar-refractivity contribution in [2.24, 2.45) is 10.2 Å². The Kier molecular flexibility index (Phi) is 6.10. The van der Waals surface area contributed by atoms with E-state index in [-0.39, 0.29) is 16.7 Å². The molecule has 0 atom stereocenters.